The Morgan fingerprint density at radius 1 is 0.457 bits per heavy atom. The molecular weight excluding hydrogens is 1370 g/mol. The maximum Gasteiger partial charge on any atom is 0.407 e. The summed E-state index contributed by atoms with van der Waals surface area (Å²) in [6, 6.07) is -3.85. The van der Waals surface area contributed by atoms with Crippen LogP contribution in [0.2, 0.25) is 0 Å². The smallest absolute Gasteiger partial charge is 0.407 e. The minimum absolute atomic E-state index is 0.00723. The van der Waals surface area contributed by atoms with E-state index in [1.165, 1.54) is 28.1 Å². The van der Waals surface area contributed by atoms with Crippen LogP contribution < -0.4 is 53.2 Å². The van der Waals surface area contributed by atoms with Gasteiger partial charge in [-0.1, -0.05) is 85.0 Å². The second-order valence-electron chi connectivity index (χ2n) is 28.3. The Labute approximate surface area is 621 Å². The van der Waals surface area contributed by atoms with Gasteiger partial charge in [-0.3, -0.25) is 38.4 Å². The van der Waals surface area contributed by atoms with Crippen molar-refractivity contribution >= 4 is 71.8 Å². The van der Waals surface area contributed by atoms with Gasteiger partial charge in [0.05, 0.1) is 78.8 Å². The minimum Gasteiger partial charge on any atom is -0.469 e. The predicted molar refractivity (Wildman–Crippen MR) is 387 cm³/mol. The number of amides is 10. The van der Waals surface area contributed by atoms with E-state index in [2.05, 4.69) is 59.1 Å². The van der Waals surface area contributed by atoms with E-state index in [0.29, 0.717) is 110 Å². The Kier molecular flexibility index (Phi) is 45.7. The number of carbonyl (C=O) groups excluding carboxylic acids is 12. The molecule has 0 saturated heterocycles. The summed E-state index contributed by atoms with van der Waals surface area (Å²) in [5.74, 6) is -5.23. The SMILES string of the molecule is C#CCOCCOCCOCCOCCC(=O)N[C@H](CCC(=O)NCCCCCCNC(=O)O[C@H]1[C@@H]([C@@H](NC(C)=O)C(CC)CC)[C@H](NC(=O)OC(C)(C)C)C[C@@H]1C(=O)OC)C(=O)NCC(=O)NCCCCCCNC(=O)O[C@H]1[C@@H]([C@@H](NC(C)=O)C(CC)CC)[C@H](NC(=O)OC(C)(C)C)C[C@@H]1C(=O)OC. The van der Waals surface area contributed by atoms with Gasteiger partial charge in [0.2, 0.25) is 35.4 Å². The van der Waals surface area contributed by atoms with Crippen molar-refractivity contribution in [3.63, 3.8) is 0 Å². The van der Waals surface area contributed by atoms with E-state index in [-0.39, 0.29) is 108 Å². The summed E-state index contributed by atoms with van der Waals surface area (Å²) in [5.41, 5.74) is -1.65. The zero-order valence-corrected chi connectivity index (χ0v) is 64.8. The Bertz CT molecular complexity index is 2720. The van der Waals surface area contributed by atoms with Crippen molar-refractivity contribution in [3.05, 3.63) is 0 Å². The summed E-state index contributed by atoms with van der Waals surface area (Å²) in [5, 5.41) is 28.1. The quantitative estimate of drug-likeness (QED) is 0.0160. The summed E-state index contributed by atoms with van der Waals surface area (Å²) in [4.78, 5) is 158. The first-order chi connectivity index (χ1) is 49.9. The van der Waals surface area contributed by atoms with Gasteiger partial charge in [0.1, 0.15) is 36.1 Å². The molecule has 2 fully saturated rings. The zero-order valence-electron chi connectivity index (χ0n) is 64.8. The monoisotopic (exact) mass is 1490 g/mol. The highest BCUT2D eigenvalue weighted by atomic mass is 16.6. The van der Waals surface area contributed by atoms with Crippen LogP contribution in [0, 0.1) is 47.9 Å². The van der Waals surface area contributed by atoms with Crippen molar-refractivity contribution in [3.8, 4) is 12.3 Å². The molecule has 600 valence electrons. The normalized spacial score (nSPS) is 19.3. The molecule has 32 heteroatoms. The van der Waals surface area contributed by atoms with Crippen LogP contribution in [0.15, 0.2) is 0 Å². The van der Waals surface area contributed by atoms with Crippen molar-refractivity contribution in [2.75, 3.05) is 99.8 Å². The molecule has 2 rings (SSSR count). The molecule has 0 aromatic heterocycles. The third-order valence-corrected chi connectivity index (χ3v) is 18.0. The third-order valence-electron chi connectivity index (χ3n) is 18.0. The highest BCUT2D eigenvalue weighted by molar-refractivity contribution is 5.91. The Morgan fingerprint density at radius 3 is 1.21 bits per heavy atom. The van der Waals surface area contributed by atoms with Crippen molar-refractivity contribution in [1.29, 1.82) is 0 Å². The van der Waals surface area contributed by atoms with Crippen molar-refractivity contribution < 1.29 is 105 Å². The molecule has 11 atom stereocenters. The molecule has 105 heavy (non-hydrogen) atoms. The number of rotatable bonds is 50. The number of hydrogen-bond donors (Lipinski definition) is 10. The fourth-order valence-corrected chi connectivity index (χ4v) is 13.0. The van der Waals surface area contributed by atoms with Crippen LogP contribution in [0.4, 0.5) is 19.2 Å². The Morgan fingerprint density at radius 2 is 0.838 bits per heavy atom. The lowest BCUT2D eigenvalue weighted by Gasteiger charge is -2.37. The Balaban J connectivity index is 1.98. The number of ether oxygens (including phenoxy) is 10. The summed E-state index contributed by atoms with van der Waals surface area (Å²) < 4.78 is 55.0. The van der Waals surface area contributed by atoms with Gasteiger partial charge in [-0.15, -0.1) is 6.42 Å². The van der Waals surface area contributed by atoms with Crippen molar-refractivity contribution in [1.82, 2.24) is 53.2 Å². The van der Waals surface area contributed by atoms with Gasteiger partial charge in [0.15, 0.2) is 0 Å². The molecule has 2 aliphatic carbocycles. The maximum absolute atomic E-state index is 13.6. The highest BCUT2D eigenvalue weighted by Crippen LogP contribution is 2.42. The maximum atomic E-state index is 13.6. The molecular formula is C73H126N10O22. The molecule has 0 aromatic carbocycles. The first kappa shape index (κ1) is 93.3. The van der Waals surface area contributed by atoms with Gasteiger partial charge in [0.25, 0.3) is 0 Å². The van der Waals surface area contributed by atoms with Crippen LogP contribution in [0.25, 0.3) is 0 Å². The highest BCUT2D eigenvalue weighted by Gasteiger charge is 2.56. The number of esters is 2. The molecule has 0 bridgehead atoms. The second-order valence-corrected chi connectivity index (χ2v) is 28.3. The van der Waals surface area contributed by atoms with E-state index >= 15 is 0 Å². The van der Waals surface area contributed by atoms with Gasteiger partial charge in [-0.25, -0.2) is 19.2 Å². The summed E-state index contributed by atoms with van der Waals surface area (Å²) in [6.45, 7) is 23.5. The molecule has 0 unspecified atom stereocenters. The summed E-state index contributed by atoms with van der Waals surface area (Å²) >= 11 is 0. The van der Waals surface area contributed by atoms with Gasteiger partial charge >= 0.3 is 36.3 Å². The molecule has 10 amide bonds. The number of terminal acetylenes is 1. The molecule has 0 radical (unpaired) electrons. The molecule has 32 nitrogen and oxygen atoms in total. The average molecular weight is 1500 g/mol. The zero-order chi connectivity index (χ0) is 78.5. The minimum atomic E-state index is -1.19. The largest absolute Gasteiger partial charge is 0.469 e. The second kappa shape index (κ2) is 51.5. The molecule has 2 aliphatic rings. The van der Waals surface area contributed by atoms with Crippen LogP contribution in [0.1, 0.15) is 192 Å². The van der Waals surface area contributed by atoms with E-state index in [1.807, 2.05) is 27.7 Å². The lowest BCUT2D eigenvalue weighted by molar-refractivity contribution is -0.150. The lowest BCUT2D eigenvalue weighted by Crippen LogP contribution is -2.55. The molecule has 2 saturated carbocycles. The van der Waals surface area contributed by atoms with E-state index in [9.17, 15) is 57.5 Å². The van der Waals surface area contributed by atoms with E-state index in [4.69, 9.17) is 53.8 Å². The number of alkyl carbamates (subject to hydrolysis) is 4. The van der Waals surface area contributed by atoms with Crippen LogP contribution in [0.5, 0.6) is 0 Å². The molecule has 0 aromatic rings. The number of methoxy groups -OCH3 is 2. The predicted octanol–water partition coefficient (Wildman–Crippen LogP) is 5.29. The van der Waals surface area contributed by atoms with Crippen LogP contribution in [0.3, 0.4) is 0 Å². The van der Waals surface area contributed by atoms with Crippen molar-refractivity contribution in [2.45, 2.75) is 246 Å². The first-order valence-electron chi connectivity index (χ1n) is 37.3. The summed E-state index contributed by atoms with van der Waals surface area (Å²) in [7, 11) is 2.45. The first-order valence-corrected chi connectivity index (χ1v) is 37.3. The number of hydrogen-bond acceptors (Lipinski definition) is 22. The number of carbonyl (C=O) groups is 12. The Hall–Kier alpha value is -7.76. The van der Waals surface area contributed by atoms with Gasteiger partial charge < -0.3 is 101 Å². The molecule has 0 spiro atoms. The molecule has 10 N–H and O–H groups in total. The van der Waals surface area contributed by atoms with Gasteiger partial charge in [-0.05, 0) is 98.3 Å². The third kappa shape index (κ3) is 38.4. The van der Waals surface area contributed by atoms with Crippen LogP contribution in [-0.2, 0) is 85.7 Å². The fraction of sp³-hybridized carbons (Fsp3) is 0.808. The van der Waals surface area contributed by atoms with Crippen LogP contribution >= 0.6 is 0 Å². The number of unbranched alkanes of at least 4 members (excludes halogenated alkanes) is 6. The van der Waals surface area contributed by atoms with E-state index < -0.39 is 138 Å². The topological polar surface area (TPSA) is 417 Å². The average Bonchev–Trinajstić information content (AvgIpc) is 1.63. The lowest BCUT2D eigenvalue weighted by atomic mass is 9.80. The summed E-state index contributed by atoms with van der Waals surface area (Å²) in [6.07, 6.45) is 7.11. The van der Waals surface area contributed by atoms with Crippen molar-refractivity contribution in [2.24, 2.45) is 35.5 Å². The standard InChI is InChI=1S/C73H126N10O22/c1-16-36-98-38-40-100-42-43-101-41-39-99-37-31-57(87)81-53(29-30-56(86)74-32-25-21-23-27-34-76-68(92)102-63-51(66(90)96-14)44-54(82-70(94)104-72(8,9)10)59(63)61(79-47(6)84)49(17-2)18-3)65(89)78-46-58(88)75-33-26-22-24-28-35-77-69(93)103-64-52(67(91)97-15)45-55(83-71(95)105-73(11,12)13)60(64)62(80-48(7)85)50(19-4)20-5/h1,49-55,59-64H,17-46H2,2-15H3,(H,74,86)(H,75,88)(H,76,92)(H,77,93)(H,78,89)(H,79,84)(H,80,85)(H,81,87)(H,82,94)(H,83,95)/t51-,52-,53+,54+,55+,59+,60+,61-,62-,63+,64+/m0/s1. The number of nitrogens with one attached hydrogen (secondary N) is 10. The van der Waals surface area contributed by atoms with Crippen LogP contribution in [-0.4, -0.2) is 225 Å². The molecule has 0 heterocycles. The van der Waals surface area contributed by atoms with Gasteiger partial charge in [0, 0.05) is 88.9 Å². The van der Waals surface area contributed by atoms with Gasteiger partial charge in [-0.2, -0.15) is 0 Å². The molecule has 0 aliphatic heterocycles. The fourth-order valence-electron chi connectivity index (χ4n) is 13.0. The van der Waals surface area contributed by atoms with E-state index in [1.54, 1.807) is 41.5 Å². The van der Waals surface area contributed by atoms with E-state index in [0.717, 1.165) is 0 Å².